The van der Waals surface area contributed by atoms with Gasteiger partial charge in [0.2, 0.25) is 5.91 Å². The summed E-state index contributed by atoms with van der Waals surface area (Å²) in [6.45, 7) is 1.11. The van der Waals surface area contributed by atoms with E-state index in [0.717, 1.165) is 0 Å². The third-order valence-corrected chi connectivity index (χ3v) is 3.70. The number of benzene rings is 1. The van der Waals surface area contributed by atoms with Crippen molar-refractivity contribution in [2.75, 3.05) is 13.1 Å². The highest BCUT2D eigenvalue weighted by atomic mass is 19.1. The Morgan fingerprint density at radius 3 is 2.57 bits per heavy atom. The molecule has 0 radical (unpaired) electrons. The Morgan fingerprint density at radius 1 is 1.29 bits per heavy atom. The van der Waals surface area contributed by atoms with Crippen molar-refractivity contribution in [2.24, 2.45) is 5.92 Å². The number of carboxylic acids is 1. The van der Waals surface area contributed by atoms with E-state index in [9.17, 15) is 14.0 Å². The summed E-state index contributed by atoms with van der Waals surface area (Å²) in [5, 5.41) is 8.75. The number of halogens is 1. The number of aliphatic carboxylic acids is 1. The van der Waals surface area contributed by atoms with Gasteiger partial charge in [0.05, 0.1) is 0 Å². The molecule has 1 saturated heterocycles. The first-order valence-electron chi connectivity index (χ1n) is 6.99. The number of hydrogen-bond donors (Lipinski definition) is 1. The maximum Gasteiger partial charge on any atom is 0.303 e. The summed E-state index contributed by atoms with van der Waals surface area (Å²) in [5.41, 5.74) is 0.381. The standard InChI is InChI=1S/C16H18FNO3/c17-14-4-2-1-3-13(14)5-6-15(19)18-9-7-12(8-10-18)11-16(20)21/h1-6,12H,7-11H2,(H,20,21). The molecule has 0 atom stereocenters. The largest absolute Gasteiger partial charge is 0.481 e. The van der Waals surface area contributed by atoms with Crippen molar-refractivity contribution in [2.45, 2.75) is 19.3 Å². The maximum absolute atomic E-state index is 13.4. The number of rotatable bonds is 4. The molecule has 112 valence electrons. The van der Waals surface area contributed by atoms with E-state index in [4.69, 9.17) is 5.11 Å². The van der Waals surface area contributed by atoms with Crippen molar-refractivity contribution < 1.29 is 19.1 Å². The monoisotopic (exact) mass is 291 g/mol. The van der Waals surface area contributed by atoms with Gasteiger partial charge in [-0.2, -0.15) is 0 Å². The highest BCUT2D eigenvalue weighted by Gasteiger charge is 2.23. The molecule has 0 spiro atoms. The molecule has 21 heavy (non-hydrogen) atoms. The Labute approximate surface area is 122 Å². The van der Waals surface area contributed by atoms with Crippen LogP contribution in [0.4, 0.5) is 4.39 Å². The summed E-state index contributed by atoms with van der Waals surface area (Å²) in [6.07, 6.45) is 4.40. The van der Waals surface area contributed by atoms with E-state index in [-0.39, 0.29) is 24.1 Å². The first-order chi connectivity index (χ1) is 10.1. The summed E-state index contributed by atoms with van der Waals surface area (Å²) in [5.74, 6) is -1.17. The molecule has 1 fully saturated rings. The summed E-state index contributed by atoms with van der Waals surface area (Å²) in [4.78, 5) is 24.3. The van der Waals surface area contributed by atoms with Crippen LogP contribution in [0, 0.1) is 11.7 Å². The van der Waals surface area contributed by atoms with E-state index in [1.807, 2.05) is 0 Å². The van der Waals surface area contributed by atoms with Gasteiger partial charge in [-0.3, -0.25) is 9.59 Å². The van der Waals surface area contributed by atoms with E-state index in [1.54, 1.807) is 23.1 Å². The molecule has 2 rings (SSSR count). The summed E-state index contributed by atoms with van der Waals surface area (Å²) in [7, 11) is 0. The van der Waals surface area contributed by atoms with Gasteiger partial charge in [0.1, 0.15) is 5.82 Å². The fourth-order valence-electron chi connectivity index (χ4n) is 2.48. The Balaban J connectivity index is 1.88. The van der Waals surface area contributed by atoms with Gasteiger partial charge in [-0.15, -0.1) is 0 Å². The van der Waals surface area contributed by atoms with Crippen molar-refractivity contribution in [1.29, 1.82) is 0 Å². The van der Waals surface area contributed by atoms with Crippen LogP contribution in [-0.4, -0.2) is 35.0 Å². The Kier molecular flexibility index (Phi) is 5.09. The predicted molar refractivity (Wildman–Crippen MR) is 77.0 cm³/mol. The SMILES string of the molecule is O=C(O)CC1CCN(C(=O)C=Cc2ccccc2F)CC1. The lowest BCUT2D eigenvalue weighted by atomic mass is 9.93. The van der Waals surface area contributed by atoms with Gasteiger partial charge in [-0.1, -0.05) is 18.2 Å². The zero-order valence-corrected chi connectivity index (χ0v) is 11.7. The number of amides is 1. The molecule has 1 aliphatic rings. The van der Waals surface area contributed by atoms with Crippen molar-refractivity contribution >= 4 is 18.0 Å². The van der Waals surface area contributed by atoms with Gasteiger partial charge in [0.15, 0.2) is 0 Å². The third kappa shape index (κ3) is 4.41. The summed E-state index contributed by atoms with van der Waals surface area (Å²) >= 11 is 0. The second kappa shape index (κ2) is 7.02. The molecule has 0 aromatic heterocycles. The van der Waals surface area contributed by atoms with Gasteiger partial charge in [0, 0.05) is 31.1 Å². The first kappa shape index (κ1) is 15.2. The lowest BCUT2D eigenvalue weighted by molar-refractivity contribution is -0.138. The van der Waals surface area contributed by atoms with Crippen LogP contribution in [0.25, 0.3) is 6.08 Å². The minimum atomic E-state index is -0.792. The molecule has 0 aliphatic carbocycles. The van der Waals surface area contributed by atoms with Crippen molar-refractivity contribution in [3.05, 3.63) is 41.7 Å². The molecular weight excluding hydrogens is 273 g/mol. The smallest absolute Gasteiger partial charge is 0.303 e. The topological polar surface area (TPSA) is 57.6 Å². The van der Waals surface area contributed by atoms with Crippen LogP contribution in [0.5, 0.6) is 0 Å². The number of hydrogen-bond acceptors (Lipinski definition) is 2. The molecule has 5 heteroatoms. The predicted octanol–water partition coefficient (Wildman–Crippen LogP) is 2.55. The highest BCUT2D eigenvalue weighted by Crippen LogP contribution is 2.20. The number of carbonyl (C=O) groups is 2. The van der Waals surface area contributed by atoms with Crippen LogP contribution in [0.1, 0.15) is 24.8 Å². The summed E-state index contributed by atoms with van der Waals surface area (Å²) in [6, 6.07) is 6.27. The van der Waals surface area contributed by atoms with Crippen LogP contribution < -0.4 is 0 Å². The number of carbonyl (C=O) groups excluding carboxylic acids is 1. The fourth-order valence-corrected chi connectivity index (χ4v) is 2.48. The molecule has 1 aliphatic heterocycles. The van der Waals surface area contributed by atoms with Crippen LogP contribution in [0.2, 0.25) is 0 Å². The normalized spacial score (nSPS) is 16.3. The average molecular weight is 291 g/mol. The van der Waals surface area contributed by atoms with Gasteiger partial charge in [-0.25, -0.2) is 4.39 Å². The molecule has 1 aromatic rings. The van der Waals surface area contributed by atoms with Crippen LogP contribution in [0.3, 0.4) is 0 Å². The van der Waals surface area contributed by atoms with Gasteiger partial charge >= 0.3 is 5.97 Å². The van der Waals surface area contributed by atoms with Gasteiger partial charge in [-0.05, 0) is 30.9 Å². The Morgan fingerprint density at radius 2 is 1.95 bits per heavy atom. The molecule has 1 aromatic carbocycles. The minimum Gasteiger partial charge on any atom is -0.481 e. The molecule has 0 unspecified atom stereocenters. The molecular formula is C16H18FNO3. The van der Waals surface area contributed by atoms with Gasteiger partial charge < -0.3 is 10.0 Å². The first-order valence-corrected chi connectivity index (χ1v) is 6.99. The number of nitrogens with zero attached hydrogens (tertiary/aromatic N) is 1. The molecule has 1 amide bonds. The summed E-state index contributed by atoms with van der Waals surface area (Å²) < 4.78 is 13.4. The third-order valence-electron chi connectivity index (χ3n) is 3.70. The number of likely N-dealkylation sites (tertiary alicyclic amines) is 1. The molecule has 1 N–H and O–H groups in total. The lowest BCUT2D eigenvalue weighted by Crippen LogP contribution is -2.37. The zero-order valence-electron chi connectivity index (χ0n) is 11.7. The van der Waals surface area contributed by atoms with E-state index in [1.165, 1.54) is 18.2 Å². The van der Waals surface area contributed by atoms with Crippen molar-refractivity contribution in [1.82, 2.24) is 4.90 Å². The van der Waals surface area contributed by atoms with Crippen LogP contribution in [-0.2, 0) is 9.59 Å². The molecule has 0 saturated carbocycles. The fraction of sp³-hybridized carbons (Fsp3) is 0.375. The van der Waals surface area contributed by atoms with Crippen molar-refractivity contribution in [3.63, 3.8) is 0 Å². The van der Waals surface area contributed by atoms with E-state index >= 15 is 0 Å². The minimum absolute atomic E-state index is 0.141. The van der Waals surface area contributed by atoms with Gasteiger partial charge in [0.25, 0.3) is 0 Å². The highest BCUT2D eigenvalue weighted by molar-refractivity contribution is 5.91. The maximum atomic E-state index is 13.4. The zero-order chi connectivity index (χ0) is 15.2. The molecule has 0 bridgehead atoms. The van der Waals surface area contributed by atoms with Crippen LogP contribution >= 0.6 is 0 Å². The Hall–Kier alpha value is -2.17. The molecule has 4 nitrogen and oxygen atoms in total. The van der Waals surface area contributed by atoms with E-state index < -0.39 is 5.97 Å². The number of carboxylic acid groups (broad SMARTS) is 1. The van der Waals surface area contributed by atoms with Crippen molar-refractivity contribution in [3.8, 4) is 0 Å². The van der Waals surface area contributed by atoms with E-state index in [0.29, 0.717) is 31.5 Å². The second-order valence-corrected chi connectivity index (χ2v) is 5.22. The molecule has 1 heterocycles. The number of piperidine rings is 1. The lowest BCUT2D eigenvalue weighted by Gasteiger charge is -2.30. The Bertz CT molecular complexity index is 548. The van der Waals surface area contributed by atoms with E-state index in [2.05, 4.69) is 0 Å². The quantitative estimate of drug-likeness (QED) is 0.867. The van der Waals surface area contributed by atoms with Crippen LogP contribution in [0.15, 0.2) is 30.3 Å². The second-order valence-electron chi connectivity index (χ2n) is 5.22. The average Bonchev–Trinajstić information content (AvgIpc) is 2.46.